The predicted molar refractivity (Wildman–Crippen MR) is 119 cm³/mol. The number of aromatic nitrogens is 1. The van der Waals surface area contributed by atoms with Gasteiger partial charge in [-0.15, -0.1) is 11.3 Å². The van der Waals surface area contributed by atoms with E-state index in [0.29, 0.717) is 22.3 Å². The lowest BCUT2D eigenvalue weighted by molar-refractivity contribution is 0.0703. The van der Waals surface area contributed by atoms with Crippen LogP contribution in [0.25, 0.3) is 0 Å². The fourth-order valence-corrected chi connectivity index (χ4v) is 4.07. The number of carbonyl (C=O) groups is 1. The van der Waals surface area contributed by atoms with Crippen molar-refractivity contribution in [2.24, 2.45) is 5.41 Å². The Bertz CT molecular complexity index is 944. The van der Waals surface area contributed by atoms with Crippen LogP contribution in [0.15, 0.2) is 24.3 Å². The van der Waals surface area contributed by atoms with Crippen LogP contribution in [-0.4, -0.2) is 35.3 Å². The van der Waals surface area contributed by atoms with Gasteiger partial charge in [0.25, 0.3) is 0 Å². The Balaban J connectivity index is 1.60. The Kier molecular flexibility index (Phi) is 6.88. The van der Waals surface area contributed by atoms with Gasteiger partial charge in [0, 0.05) is 23.6 Å². The number of nitrogens with one attached hydrogen (secondary N) is 1. The molecule has 0 amide bonds. The molecule has 7 heteroatoms. The van der Waals surface area contributed by atoms with Crippen LogP contribution in [0, 0.1) is 17.3 Å². The summed E-state index contributed by atoms with van der Waals surface area (Å²) >= 11 is 1.22. The third-order valence-corrected chi connectivity index (χ3v) is 5.75. The first-order valence-corrected chi connectivity index (χ1v) is 10.9. The Morgan fingerprint density at radius 3 is 2.57 bits per heavy atom. The molecule has 2 heterocycles. The highest BCUT2D eigenvalue weighted by Gasteiger charge is 2.25. The van der Waals surface area contributed by atoms with E-state index in [1.165, 1.54) is 11.3 Å². The molecule has 0 atom stereocenters. The summed E-state index contributed by atoms with van der Waals surface area (Å²) in [4.78, 5) is 17.1. The van der Waals surface area contributed by atoms with Crippen LogP contribution in [0.4, 0.5) is 5.69 Å². The summed E-state index contributed by atoms with van der Waals surface area (Å²) in [5.74, 6) is 6.45. The highest BCUT2D eigenvalue weighted by Crippen LogP contribution is 2.31. The molecule has 1 fully saturated rings. The van der Waals surface area contributed by atoms with Gasteiger partial charge in [-0.2, -0.15) is 4.98 Å². The number of carboxylic acids is 1. The van der Waals surface area contributed by atoms with Gasteiger partial charge in [0.05, 0.1) is 17.7 Å². The second-order valence-electron chi connectivity index (χ2n) is 8.41. The second-order valence-corrected chi connectivity index (χ2v) is 9.46. The smallest absolute Gasteiger partial charge is 0.348 e. The third-order valence-electron chi connectivity index (χ3n) is 4.72. The number of hydrogen-bond donors (Lipinski definition) is 2. The Hall–Kier alpha value is -2.72. The van der Waals surface area contributed by atoms with Crippen molar-refractivity contribution in [3.8, 4) is 23.6 Å². The lowest BCUT2D eigenvalue weighted by Crippen LogP contribution is -2.31. The van der Waals surface area contributed by atoms with E-state index in [-0.39, 0.29) is 17.6 Å². The number of rotatable bonds is 6. The van der Waals surface area contributed by atoms with E-state index < -0.39 is 5.97 Å². The van der Waals surface area contributed by atoms with Crippen molar-refractivity contribution in [2.75, 3.05) is 12.4 Å². The number of aromatic carboxylic acids is 1. The van der Waals surface area contributed by atoms with Crippen LogP contribution in [0.2, 0.25) is 0 Å². The number of anilines is 1. The molecule has 6 nitrogen and oxygen atoms in total. The van der Waals surface area contributed by atoms with E-state index in [1.807, 2.05) is 39.0 Å². The quantitative estimate of drug-likeness (QED) is 0.627. The first-order chi connectivity index (χ1) is 14.2. The monoisotopic (exact) mass is 428 g/mol. The Morgan fingerprint density at radius 1 is 1.23 bits per heavy atom. The summed E-state index contributed by atoms with van der Waals surface area (Å²) in [7, 11) is 1.58. The van der Waals surface area contributed by atoms with Crippen molar-refractivity contribution in [3.05, 3.63) is 34.0 Å². The molecule has 1 aliphatic rings. The van der Waals surface area contributed by atoms with Gasteiger partial charge in [0.15, 0.2) is 0 Å². The first-order valence-electron chi connectivity index (χ1n) is 10.1. The summed E-state index contributed by atoms with van der Waals surface area (Å²) < 4.78 is 11.1. The van der Waals surface area contributed by atoms with Gasteiger partial charge in [-0.3, -0.25) is 0 Å². The maximum absolute atomic E-state index is 11.7. The van der Waals surface area contributed by atoms with Gasteiger partial charge < -0.3 is 19.9 Å². The second kappa shape index (κ2) is 9.40. The number of pyridine rings is 1. The van der Waals surface area contributed by atoms with Crippen LogP contribution in [0.1, 0.15) is 61.0 Å². The van der Waals surface area contributed by atoms with Crippen molar-refractivity contribution in [2.45, 2.75) is 58.6 Å². The van der Waals surface area contributed by atoms with Crippen molar-refractivity contribution < 1.29 is 19.4 Å². The first kappa shape index (κ1) is 22.0. The Morgan fingerprint density at radius 2 is 1.93 bits per heavy atom. The van der Waals surface area contributed by atoms with Gasteiger partial charge >= 0.3 is 5.97 Å². The van der Waals surface area contributed by atoms with E-state index in [9.17, 15) is 9.90 Å². The van der Waals surface area contributed by atoms with E-state index in [4.69, 9.17) is 9.47 Å². The summed E-state index contributed by atoms with van der Waals surface area (Å²) in [6, 6.07) is 7.54. The Labute approximate surface area is 181 Å². The van der Waals surface area contributed by atoms with Crippen LogP contribution in [-0.2, 0) is 0 Å². The van der Waals surface area contributed by atoms with Crippen LogP contribution in [0.3, 0.4) is 0 Å². The molecule has 2 aromatic heterocycles. The van der Waals surface area contributed by atoms with E-state index in [0.717, 1.165) is 30.6 Å². The predicted octanol–water partition coefficient (Wildman–Crippen LogP) is 5.05. The molecule has 0 unspecified atom stereocenters. The molecule has 0 aliphatic heterocycles. The van der Waals surface area contributed by atoms with Crippen LogP contribution >= 0.6 is 11.3 Å². The molecule has 160 valence electrons. The molecule has 3 rings (SSSR count). The number of methoxy groups -OCH3 is 1. The highest BCUT2D eigenvalue weighted by atomic mass is 32.1. The van der Waals surface area contributed by atoms with Gasteiger partial charge in [-0.25, -0.2) is 4.79 Å². The maximum atomic E-state index is 11.7. The molecule has 0 saturated heterocycles. The fourth-order valence-electron chi connectivity index (χ4n) is 3.26. The SMILES string of the molecule is COc1cccc(OC2CCC(Nc3cc(C#CC(C)(C)C)sc3C(=O)O)CC2)n1. The molecule has 2 aromatic rings. The fraction of sp³-hybridized carbons (Fsp3) is 0.478. The molecule has 30 heavy (non-hydrogen) atoms. The molecule has 2 N–H and O–H groups in total. The molecule has 1 saturated carbocycles. The van der Waals surface area contributed by atoms with E-state index >= 15 is 0 Å². The molecular formula is C23H28N2O4S. The standard InChI is InChI=1S/C23H28N2O4S/c1-23(2,3)13-12-17-14-18(21(30-17)22(26)27)24-15-8-10-16(11-9-15)29-20-7-5-6-19(25-20)28-4/h5-7,14-16,24H,8-11H2,1-4H3,(H,26,27). The van der Waals surface area contributed by atoms with E-state index in [2.05, 4.69) is 22.1 Å². The number of carboxylic acid groups (broad SMARTS) is 1. The zero-order valence-electron chi connectivity index (χ0n) is 17.8. The molecule has 0 bridgehead atoms. The van der Waals surface area contributed by atoms with Crippen LogP contribution < -0.4 is 14.8 Å². The average Bonchev–Trinajstić information content (AvgIpc) is 3.11. The summed E-state index contributed by atoms with van der Waals surface area (Å²) in [6.07, 6.45) is 3.64. The number of nitrogens with zero attached hydrogens (tertiary/aromatic N) is 1. The lowest BCUT2D eigenvalue weighted by Gasteiger charge is -2.29. The van der Waals surface area contributed by atoms with Gasteiger partial charge in [0.1, 0.15) is 11.0 Å². The molecular weight excluding hydrogens is 400 g/mol. The van der Waals surface area contributed by atoms with Crippen LogP contribution in [0.5, 0.6) is 11.8 Å². The number of thiophene rings is 1. The largest absolute Gasteiger partial charge is 0.481 e. The summed E-state index contributed by atoms with van der Waals surface area (Å²) in [6.45, 7) is 6.10. The van der Waals surface area contributed by atoms with Crippen molar-refractivity contribution >= 4 is 23.0 Å². The molecule has 0 radical (unpaired) electrons. The highest BCUT2D eigenvalue weighted by molar-refractivity contribution is 7.15. The van der Waals surface area contributed by atoms with Gasteiger partial charge in [-0.1, -0.05) is 17.9 Å². The maximum Gasteiger partial charge on any atom is 0.348 e. The molecule has 1 aliphatic carbocycles. The average molecular weight is 429 g/mol. The lowest BCUT2D eigenvalue weighted by atomic mass is 9.92. The molecule has 0 spiro atoms. The minimum absolute atomic E-state index is 0.0947. The minimum atomic E-state index is -0.924. The van der Waals surface area contributed by atoms with E-state index in [1.54, 1.807) is 13.2 Å². The topological polar surface area (TPSA) is 80.7 Å². The summed E-state index contributed by atoms with van der Waals surface area (Å²) in [5, 5.41) is 13.0. The molecule has 0 aromatic carbocycles. The zero-order valence-corrected chi connectivity index (χ0v) is 18.6. The normalized spacial score (nSPS) is 18.8. The zero-order chi connectivity index (χ0) is 21.7. The minimum Gasteiger partial charge on any atom is -0.481 e. The summed E-state index contributed by atoms with van der Waals surface area (Å²) in [5.41, 5.74) is 0.529. The van der Waals surface area contributed by atoms with Gasteiger partial charge in [-0.05, 0) is 52.5 Å². The van der Waals surface area contributed by atoms with Gasteiger partial charge in [0.2, 0.25) is 11.8 Å². The van der Waals surface area contributed by atoms with Crippen molar-refractivity contribution in [1.29, 1.82) is 0 Å². The van der Waals surface area contributed by atoms with Crippen molar-refractivity contribution in [1.82, 2.24) is 4.98 Å². The number of ether oxygens (including phenoxy) is 2. The third kappa shape index (κ3) is 6.14. The number of hydrogen-bond acceptors (Lipinski definition) is 6. The van der Waals surface area contributed by atoms with Crippen molar-refractivity contribution in [3.63, 3.8) is 0 Å².